The lowest BCUT2D eigenvalue weighted by Gasteiger charge is -2.09. The van der Waals surface area contributed by atoms with Crippen LogP contribution in [0.2, 0.25) is 5.02 Å². The maximum atomic E-state index is 12.0. The number of rotatable bonds is 2. The highest BCUT2D eigenvalue weighted by Crippen LogP contribution is 2.24. The number of benzene rings is 1. The molecular formula is C14H13ClN2O2. The molecule has 2 N–H and O–H groups in total. The molecule has 0 spiro atoms. The predicted octanol–water partition coefficient (Wildman–Crippen LogP) is 3.31. The van der Waals surface area contributed by atoms with Crippen molar-refractivity contribution in [1.29, 1.82) is 0 Å². The zero-order valence-electron chi connectivity index (χ0n) is 10.6. The van der Waals surface area contributed by atoms with Crippen molar-refractivity contribution in [2.24, 2.45) is 0 Å². The predicted molar refractivity (Wildman–Crippen MR) is 74.8 cm³/mol. The summed E-state index contributed by atoms with van der Waals surface area (Å²) in [6.07, 6.45) is 0. The fraction of sp³-hybridized carbons (Fsp3) is 0.143. The number of aromatic hydroxyl groups is 1. The van der Waals surface area contributed by atoms with E-state index in [1.807, 2.05) is 19.9 Å². The van der Waals surface area contributed by atoms with Crippen LogP contribution in [0, 0.1) is 13.8 Å². The monoisotopic (exact) mass is 276 g/mol. The molecule has 98 valence electrons. The number of hydrogen-bond donors (Lipinski definition) is 2. The molecule has 0 aliphatic heterocycles. The summed E-state index contributed by atoms with van der Waals surface area (Å²) in [6, 6.07) is 7.94. The molecule has 1 amide bonds. The Morgan fingerprint density at radius 2 is 2.00 bits per heavy atom. The first-order valence-electron chi connectivity index (χ1n) is 5.71. The second-order valence-electron chi connectivity index (χ2n) is 4.21. The number of pyridine rings is 1. The molecule has 1 aromatic heterocycles. The lowest BCUT2D eigenvalue weighted by Crippen LogP contribution is -2.13. The third-order valence-electron chi connectivity index (χ3n) is 2.68. The Morgan fingerprint density at radius 1 is 1.26 bits per heavy atom. The molecule has 0 unspecified atom stereocenters. The van der Waals surface area contributed by atoms with E-state index in [0.717, 1.165) is 11.4 Å². The minimum absolute atomic E-state index is 0.0496. The van der Waals surface area contributed by atoms with E-state index in [2.05, 4.69) is 10.3 Å². The Labute approximate surface area is 116 Å². The summed E-state index contributed by atoms with van der Waals surface area (Å²) < 4.78 is 0. The third kappa shape index (κ3) is 3.03. The number of amides is 1. The summed E-state index contributed by atoms with van der Waals surface area (Å²) >= 11 is 5.77. The largest absolute Gasteiger partial charge is 0.506 e. The molecule has 1 heterocycles. The number of nitrogens with zero attached hydrogens (tertiary/aromatic N) is 1. The van der Waals surface area contributed by atoms with Crippen LogP contribution in [0.5, 0.6) is 5.75 Å². The molecule has 0 aliphatic carbocycles. The first-order chi connectivity index (χ1) is 8.97. The summed E-state index contributed by atoms with van der Waals surface area (Å²) in [7, 11) is 0. The van der Waals surface area contributed by atoms with Crippen LogP contribution < -0.4 is 5.32 Å². The minimum Gasteiger partial charge on any atom is -0.506 e. The van der Waals surface area contributed by atoms with Crippen molar-refractivity contribution in [3.05, 3.63) is 52.3 Å². The first-order valence-corrected chi connectivity index (χ1v) is 6.09. The van der Waals surface area contributed by atoms with Crippen LogP contribution in [-0.4, -0.2) is 16.0 Å². The van der Waals surface area contributed by atoms with E-state index >= 15 is 0 Å². The summed E-state index contributed by atoms with van der Waals surface area (Å²) in [5, 5.41) is 12.2. The highest BCUT2D eigenvalue weighted by atomic mass is 35.5. The maximum Gasteiger partial charge on any atom is 0.255 e. The Morgan fingerprint density at radius 3 is 2.63 bits per heavy atom. The van der Waals surface area contributed by atoms with Crippen LogP contribution in [0.25, 0.3) is 0 Å². The van der Waals surface area contributed by atoms with Crippen molar-refractivity contribution in [2.75, 3.05) is 5.32 Å². The molecule has 19 heavy (non-hydrogen) atoms. The first kappa shape index (κ1) is 13.4. The second-order valence-corrected chi connectivity index (χ2v) is 4.61. The van der Waals surface area contributed by atoms with Crippen LogP contribution in [0.4, 0.5) is 5.69 Å². The number of phenolic OH excluding ortho intramolecular Hbond substituents is 1. The molecule has 0 atom stereocenters. The van der Waals surface area contributed by atoms with E-state index in [0.29, 0.717) is 11.3 Å². The SMILES string of the molecule is Cc1ccc(NC(=O)c2ccc(O)c(Cl)c2)c(C)n1. The molecule has 0 saturated heterocycles. The van der Waals surface area contributed by atoms with E-state index in [-0.39, 0.29) is 16.7 Å². The number of carbonyl (C=O) groups excluding carboxylic acids is 1. The summed E-state index contributed by atoms with van der Waals surface area (Å²) in [6.45, 7) is 3.71. The van der Waals surface area contributed by atoms with E-state index in [4.69, 9.17) is 11.6 Å². The lowest BCUT2D eigenvalue weighted by molar-refractivity contribution is 0.102. The number of nitrogens with one attached hydrogen (secondary N) is 1. The van der Waals surface area contributed by atoms with Crippen molar-refractivity contribution < 1.29 is 9.90 Å². The van der Waals surface area contributed by atoms with Crippen molar-refractivity contribution in [3.63, 3.8) is 0 Å². The van der Waals surface area contributed by atoms with Crippen molar-refractivity contribution in [2.45, 2.75) is 13.8 Å². The van der Waals surface area contributed by atoms with Gasteiger partial charge in [0.15, 0.2) is 0 Å². The van der Waals surface area contributed by atoms with E-state index in [1.54, 1.807) is 6.07 Å². The molecule has 0 radical (unpaired) electrons. The van der Waals surface area contributed by atoms with E-state index in [9.17, 15) is 9.90 Å². The Bertz CT molecular complexity index is 641. The maximum absolute atomic E-state index is 12.0. The van der Waals surface area contributed by atoms with Gasteiger partial charge in [-0.2, -0.15) is 0 Å². The molecule has 4 nitrogen and oxygen atoms in total. The standard InChI is InChI=1S/C14H13ClN2O2/c1-8-3-5-12(9(2)16-8)17-14(19)10-4-6-13(18)11(15)7-10/h3-7,18H,1-2H3,(H,17,19). The Hall–Kier alpha value is -2.07. The number of anilines is 1. The highest BCUT2D eigenvalue weighted by molar-refractivity contribution is 6.32. The fourth-order valence-electron chi connectivity index (χ4n) is 1.66. The minimum atomic E-state index is -0.296. The van der Waals surface area contributed by atoms with Crippen molar-refractivity contribution in [1.82, 2.24) is 4.98 Å². The van der Waals surface area contributed by atoms with Crippen molar-refractivity contribution >= 4 is 23.2 Å². The average Bonchev–Trinajstić information content (AvgIpc) is 2.36. The number of aryl methyl sites for hydroxylation is 2. The van der Waals surface area contributed by atoms with Gasteiger partial charge in [0.1, 0.15) is 5.75 Å². The molecular weight excluding hydrogens is 264 g/mol. The van der Waals surface area contributed by atoms with Gasteiger partial charge in [0.2, 0.25) is 0 Å². The van der Waals surface area contributed by atoms with Gasteiger partial charge in [-0.25, -0.2) is 0 Å². The van der Waals surface area contributed by atoms with Gasteiger partial charge in [0.25, 0.3) is 5.91 Å². The number of aromatic nitrogens is 1. The van der Waals surface area contributed by atoms with Gasteiger partial charge in [-0.3, -0.25) is 9.78 Å². The summed E-state index contributed by atoms with van der Waals surface area (Å²) in [5.41, 5.74) is 2.67. The third-order valence-corrected chi connectivity index (χ3v) is 2.99. The van der Waals surface area contributed by atoms with Gasteiger partial charge >= 0.3 is 0 Å². The van der Waals surface area contributed by atoms with Crippen LogP contribution >= 0.6 is 11.6 Å². The summed E-state index contributed by atoms with van der Waals surface area (Å²) in [5.74, 6) is -0.345. The molecule has 0 saturated carbocycles. The second kappa shape index (κ2) is 5.28. The smallest absolute Gasteiger partial charge is 0.255 e. The fourth-order valence-corrected chi connectivity index (χ4v) is 1.84. The number of carbonyl (C=O) groups is 1. The molecule has 0 bridgehead atoms. The average molecular weight is 277 g/mol. The highest BCUT2D eigenvalue weighted by Gasteiger charge is 2.10. The number of halogens is 1. The van der Waals surface area contributed by atoms with Gasteiger partial charge in [0.05, 0.1) is 16.4 Å². The molecule has 0 fully saturated rings. The van der Waals surface area contributed by atoms with E-state index < -0.39 is 0 Å². The van der Waals surface area contributed by atoms with Crippen LogP contribution in [0.1, 0.15) is 21.7 Å². The van der Waals surface area contributed by atoms with Gasteiger partial charge in [-0.15, -0.1) is 0 Å². The Kier molecular flexibility index (Phi) is 3.71. The zero-order valence-corrected chi connectivity index (χ0v) is 11.3. The van der Waals surface area contributed by atoms with E-state index in [1.165, 1.54) is 18.2 Å². The number of phenols is 1. The zero-order chi connectivity index (χ0) is 14.0. The molecule has 2 rings (SSSR count). The van der Waals surface area contributed by atoms with Gasteiger partial charge in [-0.1, -0.05) is 11.6 Å². The number of hydrogen-bond acceptors (Lipinski definition) is 3. The Balaban J connectivity index is 2.23. The van der Waals surface area contributed by atoms with Gasteiger partial charge < -0.3 is 10.4 Å². The van der Waals surface area contributed by atoms with Gasteiger partial charge in [0, 0.05) is 11.3 Å². The quantitative estimate of drug-likeness (QED) is 0.884. The van der Waals surface area contributed by atoms with Crippen LogP contribution in [-0.2, 0) is 0 Å². The van der Waals surface area contributed by atoms with Crippen LogP contribution in [0.15, 0.2) is 30.3 Å². The van der Waals surface area contributed by atoms with Crippen LogP contribution in [0.3, 0.4) is 0 Å². The van der Waals surface area contributed by atoms with Crippen molar-refractivity contribution in [3.8, 4) is 5.75 Å². The topological polar surface area (TPSA) is 62.2 Å². The summed E-state index contributed by atoms with van der Waals surface area (Å²) in [4.78, 5) is 16.3. The normalized spacial score (nSPS) is 10.3. The molecule has 5 heteroatoms. The molecule has 2 aromatic rings. The lowest BCUT2D eigenvalue weighted by atomic mass is 10.2. The van der Waals surface area contributed by atoms with Gasteiger partial charge in [-0.05, 0) is 44.2 Å². The molecule has 0 aliphatic rings. The molecule has 1 aromatic carbocycles.